The van der Waals surface area contributed by atoms with E-state index in [0.717, 1.165) is 31.2 Å². The Bertz CT molecular complexity index is 571. The van der Waals surface area contributed by atoms with Gasteiger partial charge in [0.1, 0.15) is 0 Å². The maximum atomic E-state index is 10.7. The van der Waals surface area contributed by atoms with Crippen LogP contribution >= 0.6 is 0 Å². The average Bonchev–Trinajstić information content (AvgIpc) is 2.92. The zero-order chi connectivity index (χ0) is 13.9. The van der Waals surface area contributed by atoms with Crippen molar-refractivity contribution in [3.05, 3.63) is 70.8 Å². The van der Waals surface area contributed by atoms with Gasteiger partial charge in [-0.15, -0.1) is 0 Å². The Kier molecular flexibility index (Phi) is 3.88. The Morgan fingerprint density at radius 3 is 2.60 bits per heavy atom. The fourth-order valence-corrected chi connectivity index (χ4v) is 3.32. The fourth-order valence-electron chi connectivity index (χ4n) is 3.32. The van der Waals surface area contributed by atoms with Gasteiger partial charge in [-0.05, 0) is 41.5 Å². The molecule has 104 valence electrons. The van der Waals surface area contributed by atoms with Crippen LogP contribution in [-0.2, 0) is 12.8 Å². The van der Waals surface area contributed by atoms with Crippen molar-refractivity contribution in [2.24, 2.45) is 0 Å². The minimum Gasteiger partial charge on any atom is -0.388 e. The molecule has 0 amide bonds. The lowest BCUT2D eigenvalue weighted by Gasteiger charge is -2.20. The second-order valence-corrected chi connectivity index (χ2v) is 5.78. The molecule has 1 aliphatic carbocycles. The third kappa shape index (κ3) is 2.51. The Hall–Kier alpha value is -1.60. The fraction of sp³-hybridized carbons (Fsp3) is 0.368. The summed E-state index contributed by atoms with van der Waals surface area (Å²) in [7, 11) is 0. The summed E-state index contributed by atoms with van der Waals surface area (Å²) in [6, 6.07) is 17.0. The first-order valence-corrected chi connectivity index (χ1v) is 7.64. The highest BCUT2D eigenvalue weighted by Gasteiger charge is 2.29. The number of fused-ring (bicyclic) bond motifs is 1. The standard InChI is InChI=1S/C19H22O/c1-2-5-14-8-10-16(11-9-14)19(20)18-13-12-15-6-3-4-7-17(15)18/h3-4,6-11,18-20H,2,5,12-13H2,1H3. The van der Waals surface area contributed by atoms with Gasteiger partial charge in [0.25, 0.3) is 0 Å². The Morgan fingerprint density at radius 2 is 1.85 bits per heavy atom. The van der Waals surface area contributed by atoms with Crippen molar-refractivity contribution in [3.63, 3.8) is 0 Å². The summed E-state index contributed by atoms with van der Waals surface area (Å²) in [5.74, 6) is 0.253. The van der Waals surface area contributed by atoms with E-state index in [9.17, 15) is 5.11 Å². The van der Waals surface area contributed by atoms with Crippen molar-refractivity contribution in [1.82, 2.24) is 0 Å². The highest BCUT2D eigenvalue weighted by atomic mass is 16.3. The first kappa shape index (κ1) is 13.4. The third-order valence-electron chi connectivity index (χ3n) is 4.42. The molecule has 2 aromatic carbocycles. The maximum Gasteiger partial charge on any atom is 0.0858 e. The molecule has 0 spiro atoms. The molecule has 20 heavy (non-hydrogen) atoms. The Labute approximate surface area is 121 Å². The number of benzene rings is 2. The van der Waals surface area contributed by atoms with Crippen molar-refractivity contribution in [1.29, 1.82) is 0 Å². The first-order chi connectivity index (χ1) is 9.79. The minimum absolute atomic E-state index is 0.253. The SMILES string of the molecule is CCCc1ccc(C(O)C2CCc3ccccc32)cc1. The summed E-state index contributed by atoms with van der Waals surface area (Å²) < 4.78 is 0. The van der Waals surface area contributed by atoms with E-state index in [4.69, 9.17) is 0 Å². The molecule has 0 aromatic heterocycles. The van der Waals surface area contributed by atoms with Crippen LogP contribution in [0.2, 0.25) is 0 Å². The van der Waals surface area contributed by atoms with Gasteiger partial charge < -0.3 is 5.11 Å². The first-order valence-electron chi connectivity index (χ1n) is 7.64. The van der Waals surface area contributed by atoms with Crippen LogP contribution in [0.1, 0.15) is 54.0 Å². The van der Waals surface area contributed by atoms with Crippen molar-refractivity contribution in [2.75, 3.05) is 0 Å². The lowest BCUT2D eigenvalue weighted by molar-refractivity contribution is 0.145. The molecule has 3 rings (SSSR count). The lowest BCUT2D eigenvalue weighted by Crippen LogP contribution is -2.08. The molecular formula is C19H22O. The van der Waals surface area contributed by atoms with Gasteiger partial charge in [0, 0.05) is 5.92 Å². The predicted molar refractivity (Wildman–Crippen MR) is 82.9 cm³/mol. The van der Waals surface area contributed by atoms with E-state index < -0.39 is 0 Å². The molecule has 0 fully saturated rings. The van der Waals surface area contributed by atoms with Gasteiger partial charge in [-0.25, -0.2) is 0 Å². The number of rotatable bonds is 4. The van der Waals surface area contributed by atoms with Crippen molar-refractivity contribution < 1.29 is 5.11 Å². The van der Waals surface area contributed by atoms with Crippen LogP contribution in [0.4, 0.5) is 0 Å². The van der Waals surface area contributed by atoms with E-state index >= 15 is 0 Å². The molecule has 2 aromatic rings. The number of aryl methyl sites for hydroxylation is 2. The highest BCUT2D eigenvalue weighted by molar-refractivity contribution is 5.38. The molecular weight excluding hydrogens is 244 g/mol. The lowest BCUT2D eigenvalue weighted by atomic mass is 9.90. The summed E-state index contributed by atoms with van der Waals surface area (Å²) in [6.07, 6.45) is 4.04. The molecule has 1 heteroatoms. The van der Waals surface area contributed by atoms with Crippen LogP contribution in [-0.4, -0.2) is 5.11 Å². The monoisotopic (exact) mass is 266 g/mol. The van der Waals surface area contributed by atoms with Crippen LogP contribution in [0, 0.1) is 0 Å². The zero-order valence-corrected chi connectivity index (χ0v) is 12.0. The van der Waals surface area contributed by atoms with Gasteiger partial charge in [0.2, 0.25) is 0 Å². The van der Waals surface area contributed by atoms with Crippen LogP contribution in [0.25, 0.3) is 0 Å². The van der Waals surface area contributed by atoms with Crippen molar-refractivity contribution in [3.8, 4) is 0 Å². The second-order valence-electron chi connectivity index (χ2n) is 5.78. The highest BCUT2D eigenvalue weighted by Crippen LogP contribution is 2.41. The number of hydrogen-bond donors (Lipinski definition) is 1. The quantitative estimate of drug-likeness (QED) is 0.869. The average molecular weight is 266 g/mol. The van der Waals surface area contributed by atoms with Gasteiger partial charge >= 0.3 is 0 Å². The molecule has 0 aliphatic heterocycles. The predicted octanol–water partition coefficient (Wildman–Crippen LogP) is 4.40. The molecule has 2 atom stereocenters. The molecule has 0 bridgehead atoms. The molecule has 0 heterocycles. The van der Waals surface area contributed by atoms with E-state index in [1.165, 1.54) is 16.7 Å². The summed E-state index contributed by atoms with van der Waals surface area (Å²) in [5.41, 5.74) is 5.14. The van der Waals surface area contributed by atoms with E-state index in [-0.39, 0.29) is 12.0 Å². The number of aliphatic hydroxyl groups is 1. The Balaban J connectivity index is 1.81. The zero-order valence-electron chi connectivity index (χ0n) is 12.0. The molecule has 0 radical (unpaired) electrons. The van der Waals surface area contributed by atoms with E-state index in [0.29, 0.717) is 0 Å². The van der Waals surface area contributed by atoms with Crippen molar-refractivity contribution in [2.45, 2.75) is 44.6 Å². The van der Waals surface area contributed by atoms with Gasteiger partial charge in [0.15, 0.2) is 0 Å². The second kappa shape index (κ2) is 5.80. The van der Waals surface area contributed by atoms with Gasteiger partial charge in [-0.3, -0.25) is 0 Å². The van der Waals surface area contributed by atoms with E-state index in [1.807, 2.05) is 0 Å². The van der Waals surface area contributed by atoms with Crippen LogP contribution < -0.4 is 0 Å². The van der Waals surface area contributed by atoms with Crippen LogP contribution in [0.15, 0.2) is 48.5 Å². The van der Waals surface area contributed by atoms with Gasteiger partial charge in [0.05, 0.1) is 6.10 Å². The van der Waals surface area contributed by atoms with Crippen LogP contribution in [0.3, 0.4) is 0 Å². The molecule has 2 unspecified atom stereocenters. The van der Waals surface area contributed by atoms with E-state index in [2.05, 4.69) is 55.5 Å². The van der Waals surface area contributed by atoms with Gasteiger partial charge in [-0.1, -0.05) is 61.9 Å². The van der Waals surface area contributed by atoms with E-state index in [1.54, 1.807) is 0 Å². The largest absolute Gasteiger partial charge is 0.388 e. The number of hydrogen-bond acceptors (Lipinski definition) is 1. The number of aliphatic hydroxyl groups excluding tert-OH is 1. The molecule has 1 N–H and O–H groups in total. The topological polar surface area (TPSA) is 20.2 Å². The molecule has 1 aliphatic rings. The third-order valence-corrected chi connectivity index (χ3v) is 4.42. The Morgan fingerprint density at radius 1 is 1.10 bits per heavy atom. The summed E-state index contributed by atoms with van der Waals surface area (Å²) in [5, 5.41) is 10.7. The minimum atomic E-state index is -0.380. The molecule has 0 saturated heterocycles. The van der Waals surface area contributed by atoms with Crippen molar-refractivity contribution >= 4 is 0 Å². The normalized spacial score (nSPS) is 18.8. The summed E-state index contributed by atoms with van der Waals surface area (Å²) in [6.45, 7) is 2.19. The van der Waals surface area contributed by atoms with Gasteiger partial charge in [-0.2, -0.15) is 0 Å². The van der Waals surface area contributed by atoms with Crippen LogP contribution in [0.5, 0.6) is 0 Å². The molecule has 0 saturated carbocycles. The smallest absolute Gasteiger partial charge is 0.0858 e. The summed E-state index contributed by atoms with van der Waals surface area (Å²) in [4.78, 5) is 0. The summed E-state index contributed by atoms with van der Waals surface area (Å²) >= 11 is 0. The maximum absolute atomic E-state index is 10.7. The molecule has 1 nitrogen and oxygen atoms in total.